The standard InChI is InChI=1S/C30H34N8O2/c1-4-21(6-5-20(2)40-3)15-37-24-9-25(37)17-36(16-24)29-14-32-28(13-33-29)27-10-23(35-8-7-26(39)19-35)18-38-30(27)22(11-31)12-34-38/h4-6,10,12-14,18,24-26,39H,2,7-9,15-17,19H2,1,3H3/b6-5-,21-4+. The van der Waals surface area contributed by atoms with Crippen molar-refractivity contribution in [2.75, 3.05) is 49.6 Å². The maximum Gasteiger partial charge on any atom is 0.147 e. The number of fused-ring (bicyclic) bond motifs is 3. The molecule has 3 aromatic rings. The van der Waals surface area contributed by atoms with E-state index in [1.165, 1.54) is 12.0 Å². The molecular formula is C30H34N8O2. The second-order valence-electron chi connectivity index (χ2n) is 10.7. The van der Waals surface area contributed by atoms with E-state index in [9.17, 15) is 10.4 Å². The molecule has 7 rings (SSSR count). The number of anilines is 2. The summed E-state index contributed by atoms with van der Waals surface area (Å²) in [5.41, 5.74) is 4.90. The van der Waals surface area contributed by atoms with Gasteiger partial charge in [0.05, 0.1) is 60.5 Å². The highest BCUT2D eigenvalue weighted by Gasteiger charge is 2.44. The van der Waals surface area contributed by atoms with Crippen molar-refractivity contribution in [1.29, 1.82) is 5.26 Å². The minimum absolute atomic E-state index is 0.339. The molecule has 4 fully saturated rings. The lowest BCUT2D eigenvalue weighted by atomic mass is 9.86. The first-order valence-electron chi connectivity index (χ1n) is 13.7. The van der Waals surface area contributed by atoms with Crippen molar-refractivity contribution in [3.8, 4) is 17.3 Å². The number of aliphatic hydroxyl groups excluding tert-OH is 1. The number of piperazine rings is 1. The number of piperidine rings is 1. The molecule has 7 heterocycles. The molecular weight excluding hydrogens is 504 g/mol. The molecule has 10 heteroatoms. The Balaban J connectivity index is 1.19. The third-order valence-corrected chi connectivity index (χ3v) is 8.31. The van der Waals surface area contributed by atoms with Crippen LogP contribution in [0.4, 0.5) is 11.5 Å². The van der Waals surface area contributed by atoms with E-state index in [1.807, 2.05) is 24.5 Å². The summed E-state index contributed by atoms with van der Waals surface area (Å²) in [6.45, 7) is 10.0. The van der Waals surface area contributed by atoms with Crippen molar-refractivity contribution in [2.45, 2.75) is 38.0 Å². The molecule has 1 N–H and O–H groups in total. The maximum absolute atomic E-state index is 10.1. The molecule has 0 aliphatic carbocycles. The van der Waals surface area contributed by atoms with Crippen LogP contribution in [0.25, 0.3) is 16.8 Å². The third-order valence-electron chi connectivity index (χ3n) is 8.31. The first-order chi connectivity index (χ1) is 19.5. The Labute approximate surface area is 234 Å². The van der Waals surface area contributed by atoms with E-state index in [4.69, 9.17) is 14.7 Å². The zero-order chi connectivity index (χ0) is 27.8. The van der Waals surface area contributed by atoms with Crippen LogP contribution in [0.15, 0.2) is 67.0 Å². The lowest BCUT2D eigenvalue weighted by Gasteiger charge is -2.56. The minimum Gasteiger partial charge on any atom is -0.497 e. The summed E-state index contributed by atoms with van der Waals surface area (Å²) >= 11 is 0. The van der Waals surface area contributed by atoms with E-state index in [0.717, 1.165) is 49.7 Å². The molecule has 4 aliphatic rings. The molecule has 0 aromatic carbocycles. The molecule has 0 saturated carbocycles. The molecule has 206 valence electrons. The number of aromatic nitrogens is 4. The van der Waals surface area contributed by atoms with E-state index < -0.39 is 0 Å². The number of rotatable bonds is 8. The first-order valence-corrected chi connectivity index (χ1v) is 13.7. The van der Waals surface area contributed by atoms with E-state index in [-0.39, 0.29) is 6.10 Å². The second-order valence-corrected chi connectivity index (χ2v) is 10.7. The van der Waals surface area contributed by atoms with Gasteiger partial charge in [0.15, 0.2) is 0 Å². The number of hydrogen-bond acceptors (Lipinski definition) is 9. The molecule has 0 spiro atoms. The molecule has 3 aromatic heterocycles. The van der Waals surface area contributed by atoms with Crippen molar-refractivity contribution >= 4 is 17.0 Å². The van der Waals surface area contributed by atoms with Crippen molar-refractivity contribution in [3.63, 3.8) is 0 Å². The van der Waals surface area contributed by atoms with Crippen molar-refractivity contribution in [1.82, 2.24) is 24.5 Å². The molecule has 40 heavy (non-hydrogen) atoms. The zero-order valence-corrected chi connectivity index (χ0v) is 22.9. The Hall–Kier alpha value is -4.20. The molecule has 0 radical (unpaired) electrons. The number of allylic oxidation sites excluding steroid dienone is 2. The van der Waals surface area contributed by atoms with Crippen molar-refractivity contribution < 1.29 is 9.84 Å². The van der Waals surface area contributed by atoms with Gasteiger partial charge >= 0.3 is 0 Å². The second kappa shape index (κ2) is 10.8. The van der Waals surface area contributed by atoms with Crippen LogP contribution in [-0.2, 0) is 4.74 Å². The van der Waals surface area contributed by atoms with Crippen LogP contribution in [0.1, 0.15) is 25.3 Å². The van der Waals surface area contributed by atoms with Crippen LogP contribution in [0.3, 0.4) is 0 Å². The van der Waals surface area contributed by atoms with Gasteiger partial charge in [0.1, 0.15) is 17.6 Å². The van der Waals surface area contributed by atoms with Crippen LogP contribution >= 0.6 is 0 Å². The Bertz CT molecular complexity index is 1510. The van der Waals surface area contributed by atoms with Gasteiger partial charge in [0.2, 0.25) is 0 Å². The Morgan fingerprint density at radius 3 is 2.65 bits per heavy atom. The van der Waals surface area contributed by atoms with Gasteiger partial charge in [-0.25, -0.2) is 9.50 Å². The van der Waals surface area contributed by atoms with Crippen molar-refractivity contribution in [2.24, 2.45) is 0 Å². The predicted molar refractivity (Wildman–Crippen MR) is 154 cm³/mol. The van der Waals surface area contributed by atoms with Crippen LogP contribution in [-0.4, -0.2) is 87.6 Å². The summed E-state index contributed by atoms with van der Waals surface area (Å²) in [5.74, 6) is 1.51. The molecule has 0 amide bonds. The average molecular weight is 539 g/mol. The van der Waals surface area contributed by atoms with Crippen LogP contribution in [0.5, 0.6) is 0 Å². The fourth-order valence-corrected chi connectivity index (χ4v) is 6.01. The molecule has 4 saturated heterocycles. The Morgan fingerprint density at radius 1 is 1.18 bits per heavy atom. The molecule has 4 aliphatic heterocycles. The summed E-state index contributed by atoms with van der Waals surface area (Å²) in [6.07, 6.45) is 14.9. The van der Waals surface area contributed by atoms with Gasteiger partial charge in [-0.3, -0.25) is 9.88 Å². The summed E-state index contributed by atoms with van der Waals surface area (Å²) in [7, 11) is 1.63. The maximum atomic E-state index is 10.1. The number of ether oxygens (including phenoxy) is 1. The number of pyridine rings is 1. The quantitative estimate of drug-likeness (QED) is 0.342. The number of aliphatic hydroxyl groups is 1. The monoisotopic (exact) mass is 538 g/mol. The first kappa shape index (κ1) is 26.0. The van der Waals surface area contributed by atoms with E-state index in [2.05, 4.69) is 51.5 Å². The lowest BCUT2D eigenvalue weighted by Crippen LogP contribution is -2.69. The van der Waals surface area contributed by atoms with Gasteiger partial charge in [-0.05, 0) is 37.5 Å². The smallest absolute Gasteiger partial charge is 0.147 e. The summed E-state index contributed by atoms with van der Waals surface area (Å²) < 4.78 is 6.89. The molecule has 2 bridgehead atoms. The highest BCUT2D eigenvalue weighted by Crippen LogP contribution is 2.36. The molecule has 3 atom stereocenters. The van der Waals surface area contributed by atoms with E-state index in [0.29, 0.717) is 41.2 Å². The average Bonchev–Trinajstić information content (AvgIpc) is 3.62. The van der Waals surface area contributed by atoms with Gasteiger partial charge in [-0.15, -0.1) is 0 Å². The summed E-state index contributed by atoms with van der Waals surface area (Å²) in [6, 6.07) is 5.24. The number of nitrogens with zero attached hydrogens (tertiary/aromatic N) is 8. The van der Waals surface area contributed by atoms with Gasteiger partial charge in [0.25, 0.3) is 0 Å². The van der Waals surface area contributed by atoms with Gasteiger partial charge in [-0.2, -0.15) is 10.4 Å². The van der Waals surface area contributed by atoms with E-state index in [1.54, 1.807) is 24.0 Å². The Kier molecular flexibility index (Phi) is 7.00. The topological polar surface area (TPSA) is 106 Å². The fourth-order valence-electron chi connectivity index (χ4n) is 6.01. The SMILES string of the molecule is C=C(/C=C\C(=C/C)CN1C2CC1CN(c1cnc(-c3cc(N4CCC(O)C4)cn4ncc(C#N)c34)cn1)C2)OC. The summed E-state index contributed by atoms with van der Waals surface area (Å²) in [4.78, 5) is 16.6. The largest absolute Gasteiger partial charge is 0.497 e. The highest BCUT2D eigenvalue weighted by molar-refractivity contribution is 5.85. The third kappa shape index (κ3) is 4.83. The predicted octanol–water partition coefficient (Wildman–Crippen LogP) is 3.16. The van der Waals surface area contributed by atoms with Gasteiger partial charge < -0.3 is 19.6 Å². The van der Waals surface area contributed by atoms with Crippen LogP contribution in [0, 0.1) is 11.3 Å². The minimum atomic E-state index is -0.339. The van der Waals surface area contributed by atoms with Gasteiger partial charge in [0, 0.05) is 50.4 Å². The van der Waals surface area contributed by atoms with Crippen molar-refractivity contribution in [3.05, 3.63) is 72.6 Å². The van der Waals surface area contributed by atoms with E-state index >= 15 is 0 Å². The van der Waals surface area contributed by atoms with Gasteiger partial charge in [-0.1, -0.05) is 18.7 Å². The molecule has 3 unspecified atom stereocenters. The number of β-amino-alcohol motifs (C(OH)–C–C–N with tert-alkyl or cyclic N) is 1. The van der Waals surface area contributed by atoms with Crippen LogP contribution < -0.4 is 9.80 Å². The zero-order valence-electron chi connectivity index (χ0n) is 22.9. The fraction of sp³-hybridized carbons (Fsp3) is 0.400. The lowest BCUT2D eigenvalue weighted by molar-refractivity contribution is 0.00877. The molecule has 10 nitrogen and oxygen atoms in total. The number of hydrogen-bond donors (Lipinski definition) is 1. The number of methoxy groups -OCH3 is 1. The highest BCUT2D eigenvalue weighted by atomic mass is 16.5. The Morgan fingerprint density at radius 2 is 2.00 bits per heavy atom. The number of nitriles is 1. The summed E-state index contributed by atoms with van der Waals surface area (Å²) in [5, 5.41) is 24.2. The van der Waals surface area contributed by atoms with Crippen LogP contribution in [0.2, 0.25) is 0 Å². The normalized spacial score (nSPS) is 23.1.